The average molecular weight is 504 g/mol. The van der Waals surface area contributed by atoms with Crippen LogP contribution in [0, 0.1) is 17.2 Å². The molecule has 2 aromatic rings. The summed E-state index contributed by atoms with van der Waals surface area (Å²) in [6, 6.07) is 6.43. The molecule has 4 N–H and O–H groups in total. The third kappa shape index (κ3) is 6.52. The van der Waals surface area contributed by atoms with Crippen molar-refractivity contribution in [2.45, 2.75) is 32.0 Å². The predicted octanol–water partition coefficient (Wildman–Crippen LogP) is 3.83. The Kier molecular flexibility index (Phi) is 8.10. The number of nitrogens with one attached hydrogen (secondary N) is 4. The molecule has 11 heteroatoms. The van der Waals surface area contributed by atoms with Crippen molar-refractivity contribution in [3.63, 3.8) is 0 Å². The number of hydrogen-bond donors (Lipinski definition) is 4. The van der Waals surface area contributed by atoms with Crippen LogP contribution in [-0.4, -0.2) is 71.6 Å². The van der Waals surface area contributed by atoms with Gasteiger partial charge in [-0.15, -0.1) is 0 Å². The van der Waals surface area contributed by atoms with Crippen LogP contribution in [0.4, 0.5) is 23.7 Å². The molecule has 194 valence electrons. The number of fused-ring (bicyclic) bond motifs is 1. The first-order valence-electron chi connectivity index (χ1n) is 12.2. The Hall–Kier alpha value is -3.18. The van der Waals surface area contributed by atoms with Crippen molar-refractivity contribution in [2.24, 2.45) is 11.8 Å². The van der Waals surface area contributed by atoms with Crippen molar-refractivity contribution in [1.29, 1.82) is 5.41 Å². The maximum atomic E-state index is 12.3. The Morgan fingerprint density at radius 1 is 1.36 bits per heavy atom. The molecule has 1 saturated heterocycles. The third-order valence-electron chi connectivity index (χ3n) is 6.77. The molecule has 0 saturated carbocycles. The van der Waals surface area contributed by atoms with Crippen LogP contribution in [0.1, 0.15) is 19.2 Å². The highest BCUT2D eigenvalue weighted by molar-refractivity contribution is 5.90. The highest BCUT2D eigenvalue weighted by Gasteiger charge is 2.28. The van der Waals surface area contributed by atoms with Crippen LogP contribution in [0.5, 0.6) is 0 Å². The van der Waals surface area contributed by atoms with Gasteiger partial charge >= 0.3 is 12.2 Å². The van der Waals surface area contributed by atoms with E-state index in [0.717, 1.165) is 49.7 Å². The van der Waals surface area contributed by atoms with Gasteiger partial charge in [0.15, 0.2) is 0 Å². The molecule has 3 atom stereocenters. The fourth-order valence-corrected chi connectivity index (χ4v) is 4.73. The van der Waals surface area contributed by atoms with Gasteiger partial charge in [0.2, 0.25) is 0 Å². The number of carbonyl (C=O) groups excluding carboxylic acids is 1. The standard InChI is InChI=1S/C25H32F3N7O/c1-2-34-8-7-21(15-34)30-13-19(12-29)17-6-9-35-22(14-31-23(35)11-17)18-4-3-5-20(10-18)33-24(36)32-16-25(26,27)28/h3-6,9-10,12,14,17,19,21,29-30H,2,7-8,11,13,15-16H2,1H3,(H2,32,33,36). The lowest BCUT2D eigenvalue weighted by Crippen LogP contribution is -2.38. The van der Waals surface area contributed by atoms with E-state index in [1.165, 1.54) is 6.21 Å². The zero-order chi connectivity index (χ0) is 25.7. The second kappa shape index (κ2) is 11.3. The second-order valence-corrected chi connectivity index (χ2v) is 9.26. The number of urea groups is 1. The van der Waals surface area contributed by atoms with Crippen molar-refractivity contribution in [1.82, 2.24) is 25.1 Å². The molecule has 2 aliphatic rings. The Labute approximate surface area is 208 Å². The number of rotatable bonds is 9. The van der Waals surface area contributed by atoms with E-state index in [1.54, 1.807) is 29.7 Å². The smallest absolute Gasteiger partial charge is 0.329 e. The van der Waals surface area contributed by atoms with Crippen molar-refractivity contribution in [3.05, 3.63) is 42.4 Å². The van der Waals surface area contributed by atoms with Crippen LogP contribution >= 0.6 is 0 Å². The highest BCUT2D eigenvalue weighted by Crippen LogP contribution is 2.30. The molecule has 2 amide bonds. The Morgan fingerprint density at radius 3 is 2.92 bits per heavy atom. The molecule has 3 unspecified atom stereocenters. The van der Waals surface area contributed by atoms with E-state index in [2.05, 4.69) is 33.5 Å². The number of amides is 2. The fraction of sp³-hybridized carbons (Fsp3) is 0.480. The summed E-state index contributed by atoms with van der Waals surface area (Å²) in [5, 5.41) is 15.8. The van der Waals surface area contributed by atoms with Crippen molar-refractivity contribution in [2.75, 3.05) is 38.0 Å². The van der Waals surface area contributed by atoms with Gasteiger partial charge in [-0.25, -0.2) is 9.78 Å². The molecule has 8 nitrogen and oxygen atoms in total. The molecule has 0 radical (unpaired) electrons. The molecule has 36 heavy (non-hydrogen) atoms. The first-order chi connectivity index (χ1) is 17.3. The number of hydrogen-bond acceptors (Lipinski definition) is 5. The normalized spacial score (nSPS) is 20.7. The monoisotopic (exact) mass is 503 g/mol. The minimum absolute atomic E-state index is 0.0635. The summed E-state index contributed by atoms with van der Waals surface area (Å²) in [5.41, 5.74) is 1.97. The summed E-state index contributed by atoms with van der Waals surface area (Å²) < 4.78 is 39.0. The van der Waals surface area contributed by atoms with Gasteiger partial charge < -0.3 is 30.8 Å². The molecule has 0 aliphatic carbocycles. The van der Waals surface area contributed by atoms with E-state index in [0.29, 0.717) is 18.2 Å². The van der Waals surface area contributed by atoms with Crippen LogP contribution in [0.15, 0.2) is 36.5 Å². The summed E-state index contributed by atoms with van der Waals surface area (Å²) in [5.74, 6) is 1.10. The number of imidazole rings is 1. The third-order valence-corrected chi connectivity index (χ3v) is 6.77. The Morgan fingerprint density at radius 2 is 2.19 bits per heavy atom. The van der Waals surface area contributed by atoms with Crippen molar-refractivity contribution in [3.8, 4) is 11.3 Å². The van der Waals surface area contributed by atoms with E-state index in [4.69, 9.17) is 5.41 Å². The first-order valence-corrected chi connectivity index (χ1v) is 12.2. The maximum absolute atomic E-state index is 12.3. The van der Waals surface area contributed by atoms with Gasteiger partial charge in [0, 0.05) is 55.1 Å². The number of nitrogens with zero attached hydrogens (tertiary/aromatic N) is 3. The fourth-order valence-electron chi connectivity index (χ4n) is 4.73. The van der Waals surface area contributed by atoms with E-state index in [1.807, 2.05) is 16.8 Å². The van der Waals surface area contributed by atoms with Gasteiger partial charge in [-0.2, -0.15) is 13.2 Å². The summed E-state index contributed by atoms with van der Waals surface area (Å²) in [7, 11) is 0. The summed E-state index contributed by atoms with van der Waals surface area (Å²) in [6.45, 7) is 4.75. The van der Waals surface area contributed by atoms with E-state index < -0.39 is 18.8 Å². The average Bonchev–Trinajstić information content (AvgIpc) is 3.49. The number of likely N-dealkylation sites (tertiary alicyclic amines) is 1. The summed E-state index contributed by atoms with van der Waals surface area (Å²) >= 11 is 0. The summed E-state index contributed by atoms with van der Waals surface area (Å²) in [4.78, 5) is 18.8. The topological polar surface area (TPSA) is 98.1 Å². The molecule has 1 fully saturated rings. The highest BCUT2D eigenvalue weighted by atomic mass is 19.4. The molecule has 2 aliphatic heterocycles. The first kappa shape index (κ1) is 25.9. The molecule has 0 bridgehead atoms. The van der Waals surface area contributed by atoms with Gasteiger partial charge in [-0.1, -0.05) is 25.1 Å². The zero-order valence-electron chi connectivity index (χ0n) is 20.2. The lowest BCUT2D eigenvalue weighted by atomic mass is 9.88. The van der Waals surface area contributed by atoms with Gasteiger partial charge in [0.05, 0.1) is 11.9 Å². The number of halogens is 3. The number of carbonyl (C=O) groups is 1. The molecular formula is C25H32F3N7O. The van der Waals surface area contributed by atoms with E-state index in [-0.39, 0.29) is 11.8 Å². The number of likely N-dealkylation sites (N-methyl/N-ethyl adjacent to an activating group) is 1. The Balaban J connectivity index is 1.38. The van der Waals surface area contributed by atoms with Crippen LogP contribution in [0.25, 0.3) is 17.5 Å². The lowest BCUT2D eigenvalue weighted by Gasteiger charge is -2.26. The molecule has 1 aromatic carbocycles. The minimum Gasteiger partial charge on any atom is -0.329 e. The SMILES string of the molecule is CCN1CCC(NCC(C=N)C2C=Cn3c(-c4cccc(NC(=O)NCC(F)(F)F)c4)cnc3C2)C1. The van der Waals surface area contributed by atoms with Crippen LogP contribution < -0.4 is 16.0 Å². The number of allylic oxidation sites excluding steroid dienone is 1. The number of aromatic nitrogens is 2. The van der Waals surface area contributed by atoms with Crippen LogP contribution in [-0.2, 0) is 6.42 Å². The van der Waals surface area contributed by atoms with Gasteiger partial charge in [-0.05, 0) is 37.6 Å². The molecule has 3 heterocycles. The molecular weight excluding hydrogens is 471 g/mol. The maximum Gasteiger partial charge on any atom is 0.405 e. The number of benzene rings is 1. The van der Waals surface area contributed by atoms with Crippen molar-refractivity contribution < 1.29 is 18.0 Å². The predicted molar refractivity (Wildman–Crippen MR) is 134 cm³/mol. The largest absolute Gasteiger partial charge is 0.405 e. The van der Waals surface area contributed by atoms with Gasteiger partial charge in [0.25, 0.3) is 0 Å². The second-order valence-electron chi connectivity index (χ2n) is 9.26. The number of alkyl halides is 3. The van der Waals surface area contributed by atoms with Gasteiger partial charge in [-0.3, -0.25) is 0 Å². The zero-order valence-corrected chi connectivity index (χ0v) is 20.2. The summed E-state index contributed by atoms with van der Waals surface area (Å²) in [6.07, 6.45) is 4.70. The van der Waals surface area contributed by atoms with Crippen molar-refractivity contribution >= 4 is 24.1 Å². The molecule has 0 spiro atoms. The lowest BCUT2D eigenvalue weighted by molar-refractivity contribution is -0.122. The molecule has 4 rings (SSSR count). The van der Waals surface area contributed by atoms with Gasteiger partial charge in [0.1, 0.15) is 12.4 Å². The number of anilines is 1. The van der Waals surface area contributed by atoms with Crippen LogP contribution in [0.2, 0.25) is 0 Å². The quantitative estimate of drug-likeness (QED) is 0.391. The van der Waals surface area contributed by atoms with E-state index >= 15 is 0 Å². The molecule has 1 aromatic heterocycles. The minimum atomic E-state index is -4.47. The van der Waals surface area contributed by atoms with Crippen LogP contribution in [0.3, 0.4) is 0 Å². The van der Waals surface area contributed by atoms with E-state index in [9.17, 15) is 18.0 Å². The Bertz CT molecular complexity index is 1100.